The quantitative estimate of drug-likeness (QED) is 0.762. The molecule has 5 nitrogen and oxygen atoms in total. The Labute approximate surface area is 90.3 Å². The predicted molar refractivity (Wildman–Crippen MR) is 59.7 cm³/mol. The van der Waals surface area contributed by atoms with Crippen molar-refractivity contribution in [3.05, 3.63) is 18.1 Å². The Morgan fingerprint density at radius 1 is 1.47 bits per heavy atom. The van der Waals surface area contributed by atoms with Crippen LogP contribution < -0.4 is 10.6 Å². The zero-order valence-electron chi connectivity index (χ0n) is 9.47. The highest BCUT2D eigenvalue weighted by molar-refractivity contribution is 5.35. The molecule has 1 rings (SSSR count). The molecule has 0 aromatic carbocycles. The van der Waals surface area contributed by atoms with E-state index < -0.39 is 0 Å². The summed E-state index contributed by atoms with van der Waals surface area (Å²) in [5, 5.41) is 0. The Bertz CT molecular complexity index is 288. The minimum absolute atomic E-state index is 0.271. The third kappa shape index (κ3) is 3.14. The number of aromatic nitrogens is 2. The summed E-state index contributed by atoms with van der Waals surface area (Å²) in [4.78, 5) is 10.5. The van der Waals surface area contributed by atoms with E-state index in [2.05, 4.69) is 16.9 Å². The first-order valence-electron chi connectivity index (χ1n) is 4.91. The molecule has 84 valence electrons. The van der Waals surface area contributed by atoms with Gasteiger partial charge in [0.2, 0.25) is 0 Å². The van der Waals surface area contributed by atoms with E-state index in [0.29, 0.717) is 13.2 Å². The fraction of sp³-hybridized carbons (Fsp3) is 0.600. The van der Waals surface area contributed by atoms with Gasteiger partial charge >= 0.3 is 0 Å². The number of nitrogens with zero attached hydrogens (tertiary/aromatic N) is 3. The number of nitrogens with two attached hydrogens (primary N) is 1. The monoisotopic (exact) mass is 210 g/mol. The molecular weight excluding hydrogens is 192 g/mol. The maximum Gasteiger partial charge on any atom is 0.147 e. The zero-order chi connectivity index (χ0) is 11.3. The van der Waals surface area contributed by atoms with Crippen LogP contribution in [0.15, 0.2) is 12.4 Å². The number of rotatable bonds is 5. The SMILES string of the molecule is COCC(C)N(C)c1cnc(CN)cn1. The van der Waals surface area contributed by atoms with E-state index in [1.165, 1.54) is 0 Å². The van der Waals surface area contributed by atoms with Gasteiger partial charge in [-0.15, -0.1) is 0 Å². The summed E-state index contributed by atoms with van der Waals surface area (Å²) in [6.45, 7) is 3.16. The summed E-state index contributed by atoms with van der Waals surface area (Å²) >= 11 is 0. The summed E-state index contributed by atoms with van der Waals surface area (Å²) in [6.07, 6.45) is 3.43. The highest BCUT2D eigenvalue weighted by Gasteiger charge is 2.10. The first-order chi connectivity index (χ1) is 7.19. The molecule has 0 aliphatic heterocycles. The molecule has 0 radical (unpaired) electrons. The van der Waals surface area contributed by atoms with Gasteiger partial charge in [-0.05, 0) is 6.92 Å². The zero-order valence-corrected chi connectivity index (χ0v) is 9.47. The van der Waals surface area contributed by atoms with Crippen LogP contribution in [-0.4, -0.2) is 36.8 Å². The van der Waals surface area contributed by atoms with Crippen molar-refractivity contribution in [2.75, 3.05) is 25.7 Å². The van der Waals surface area contributed by atoms with E-state index in [1.54, 1.807) is 19.5 Å². The highest BCUT2D eigenvalue weighted by Crippen LogP contribution is 2.10. The predicted octanol–water partition coefficient (Wildman–Crippen LogP) is 0.406. The van der Waals surface area contributed by atoms with Crippen molar-refractivity contribution in [3.63, 3.8) is 0 Å². The van der Waals surface area contributed by atoms with Gasteiger partial charge in [-0.3, -0.25) is 4.98 Å². The molecule has 0 saturated heterocycles. The largest absolute Gasteiger partial charge is 0.383 e. The van der Waals surface area contributed by atoms with Gasteiger partial charge in [0, 0.05) is 20.7 Å². The van der Waals surface area contributed by atoms with Crippen LogP contribution in [0.2, 0.25) is 0 Å². The average molecular weight is 210 g/mol. The number of hydrogen-bond acceptors (Lipinski definition) is 5. The molecule has 1 unspecified atom stereocenters. The molecule has 5 heteroatoms. The van der Waals surface area contributed by atoms with E-state index in [-0.39, 0.29) is 6.04 Å². The van der Waals surface area contributed by atoms with Crippen molar-refractivity contribution >= 4 is 5.82 Å². The van der Waals surface area contributed by atoms with E-state index in [1.807, 2.05) is 11.9 Å². The molecule has 2 N–H and O–H groups in total. The van der Waals surface area contributed by atoms with Gasteiger partial charge in [-0.25, -0.2) is 4.98 Å². The molecule has 0 aliphatic rings. The molecule has 0 aliphatic carbocycles. The third-order valence-corrected chi connectivity index (χ3v) is 2.33. The van der Waals surface area contributed by atoms with Crippen molar-refractivity contribution in [2.45, 2.75) is 19.5 Å². The second-order valence-corrected chi connectivity index (χ2v) is 3.49. The normalized spacial score (nSPS) is 12.5. The Morgan fingerprint density at radius 3 is 2.67 bits per heavy atom. The summed E-state index contributed by atoms with van der Waals surface area (Å²) in [6, 6.07) is 0.271. The molecular formula is C10H18N4O. The van der Waals surface area contributed by atoms with Crippen LogP contribution in [0.3, 0.4) is 0 Å². The molecule has 1 aromatic heterocycles. The fourth-order valence-electron chi connectivity index (χ4n) is 1.21. The number of hydrogen-bond donors (Lipinski definition) is 1. The second-order valence-electron chi connectivity index (χ2n) is 3.49. The Hall–Kier alpha value is -1.20. The van der Waals surface area contributed by atoms with Crippen LogP contribution in [0.4, 0.5) is 5.82 Å². The lowest BCUT2D eigenvalue weighted by molar-refractivity contribution is 0.183. The molecule has 1 aromatic rings. The molecule has 0 amide bonds. The lowest BCUT2D eigenvalue weighted by atomic mass is 10.3. The van der Waals surface area contributed by atoms with E-state index in [9.17, 15) is 0 Å². The topological polar surface area (TPSA) is 64.3 Å². The van der Waals surface area contributed by atoms with Crippen LogP contribution in [0, 0.1) is 0 Å². The van der Waals surface area contributed by atoms with Gasteiger partial charge in [0.05, 0.1) is 30.7 Å². The van der Waals surface area contributed by atoms with E-state index >= 15 is 0 Å². The van der Waals surface area contributed by atoms with Gasteiger partial charge in [-0.2, -0.15) is 0 Å². The Morgan fingerprint density at radius 2 is 2.20 bits per heavy atom. The molecule has 1 heterocycles. The van der Waals surface area contributed by atoms with Crippen molar-refractivity contribution in [1.82, 2.24) is 9.97 Å². The van der Waals surface area contributed by atoms with Crippen LogP contribution in [0.1, 0.15) is 12.6 Å². The molecule has 15 heavy (non-hydrogen) atoms. The second kappa shape index (κ2) is 5.63. The molecule has 0 fully saturated rings. The van der Waals surface area contributed by atoms with E-state index in [4.69, 9.17) is 10.5 Å². The molecule has 0 bridgehead atoms. The number of ether oxygens (including phenoxy) is 1. The standard InChI is InChI=1S/C10H18N4O/c1-8(7-15-3)14(2)10-6-12-9(4-11)5-13-10/h5-6,8H,4,7,11H2,1-3H3. The lowest BCUT2D eigenvalue weighted by Crippen LogP contribution is -2.33. The molecule has 1 atom stereocenters. The van der Waals surface area contributed by atoms with Crippen LogP contribution in [0.25, 0.3) is 0 Å². The Balaban J connectivity index is 2.69. The van der Waals surface area contributed by atoms with Gasteiger partial charge in [-0.1, -0.05) is 0 Å². The summed E-state index contributed by atoms with van der Waals surface area (Å²) in [5.74, 6) is 0.830. The van der Waals surface area contributed by atoms with Crippen LogP contribution in [0.5, 0.6) is 0 Å². The van der Waals surface area contributed by atoms with Gasteiger partial charge in [0.1, 0.15) is 5.82 Å². The minimum Gasteiger partial charge on any atom is -0.383 e. The van der Waals surface area contributed by atoms with Crippen LogP contribution in [-0.2, 0) is 11.3 Å². The third-order valence-electron chi connectivity index (χ3n) is 2.33. The number of likely N-dealkylation sites (N-methyl/N-ethyl adjacent to an activating group) is 1. The minimum atomic E-state index is 0.271. The van der Waals surface area contributed by atoms with Crippen molar-refractivity contribution in [2.24, 2.45) is 5.73 Å². The summed E-state index contributed by atoms with van der Waals surface area (Å²) in [5.41, 5.74) is 6.25. The smallest absolute Gasteiger partial charge is 0.147 e. The summed E-state index contributed by atoms with van der Waals surface area (Å²) < 4.78 is 5.08. The lowest BCUT2D eigenvalue weighted by Gasteiger charge is -2.24. The maximum absolute atomic E-state index is 5.45. The highest BCUT2D eigenvalue weighted by atomic mass is 16.5. The van der Waals surface area contributed by atoms with Gasteiger partial charge in [0.15, 0.2) is 0 Å². The first-order valence-corrected chi connectivity index (χ1v) is 4.91. The van der Waals surface area contributed by atoms with Gasteiger partial charge in [0.25, 0.3) is 0 Å². The average Bonchev–Trinajstić information content (AvgIpc) is 2.28. The number of anilines is 1. The van der Waals surface area contributed by atoms with E-state index in [0.717, 1.165) is 11.5 Å². The summed E-state index contributed by atoms with van der Waals surface area (Å²) in [7, 11) is 3.66. The van der Waals surface area contributed by atoms with Crippen molar-refractivity contribution < 1.29 is 4.74 Å². The number of methoxy groups -OCH3 is 1. The van der Waals surface area contributed by atoms with Gasteiger partial charge < -0.3 is 15.4 Å². The maximum atomic E-state index is 5.45. The van der Waals surface area contributed by atoms with Crippen molar-refractivity contribution in [3.8, 4) is 0 Å². The molecule has 0 spiro atoms. The molecule has 0 saturated carbocycles. The Kier molecular flexibility index (Phi) is 4.45. The fourth-order valence-corrected chi connectivity index (χ4v) is 1.21. The van der Waals surface area contributed by atoms with Crippen LogP contribution >= 0.6 is 0 Å². The first kappa shape index (κ1) is 11.9. The van der Waals surface area contributed by atoms with Crippen molar-refractivity contribution in [1.29, 1.82) is 0 Å².